The molecule has 0 atom stereocenters. The maximum atomic E-state index is 13.1. The number of carbonyl (C=O) groups is 1. The van der Waals surface area contributed by atoms with Gasteiger partial charge in [0.2, 0.25) is 0 Å². The zero-order valence-electron chi connectivity index (χ0n) is 17.5. The van der Waals surface area contributed by atoms with Crippen molar-refractivity contribution in [1.82, 2.24) is 14.8 Å². The summed E-state index contributed by atoms with van der Waals surface area (Å²) in [4.78, 5) is 14.3. The molecule has 0 unspecified atom stereocenters. The standard InChI is InChI=1S/C21H21F3N4O4S/c1-32-18-9-17-13(10-28(27-17)14-4-2-12(11-29)3-5-14)8-16(18)15-6-7-19(21(22,23)24)26-20(15)33(25,30)31/h6-12,14H,2-5H2,1H3,(H2,25,30,31). The molecule has 0 bridgehead atoms. The van der Waals surface area contributed by atoms with Gasteiger partial charge in [0.15, 0.2) is 5.03 Å². The number of halogens is 3. The third-order valence-corrected chi connectivity index (χ3v) is 6.71. The smallest absolute Gasteiger partial charge is 0.433 e. The van der Waals surface area contributed by atoms with Gasteiger partial charge in [-0.3, -0.25) is 4.68 Å². The van der Waals surface area contributed by atoms with Crippen molar-refractivity contribution in [3.63, 3.8) is 0 Å². The van der Waals surface area contributed by atoms with Gasteiger partial charge >= 0.3 is 6.18 Å². The molecule has 1 fully saturated rings. The lowest BCUT2D eigenvalue weighted by Gasteiger charge is -2.25. The van der Waals surface area contributed by atoms with E-state index in [0.29, 0.717) is 17.0 Å². The predicted octanol–water partition coefficient (Wildman–Crippen LogP) is 3.70. The van der Waals surface area contributed by atoms with Gasteiger partial charge in [0, 0.05) is 34.7 Å². The number of rotatable bonds is 5. The van der Waals surface area contributed by atoms with Crippen LogP contribution in [0.25, 0.3) is 22.0 Å². The molecule has 1 aliphatic rings. The normalized spacial score (nSPS) is 19.5. The summed E-state index contributed by atoms with van der Waals surface area (Å²) in [7, 11) is -3.22. The number of nitrogens with two attached hydrogens (primary N) is 1. The number of benzene rings is 1. The Morgan fingerprint density at radius 2 is 1.85 bits per heavy atom. The second-order valence-electron chi connectivity index (χ2n) is 8.02. The average Bonchev–Trinajstić information content (AvgIpc) is 3.19. The Bertz CT molecular complexity index is 1310. The molecule has 12 heteroatoms. The Morgan fingerprint density at radius 1 is 1.15 bits per heavy atom. The zero-order chi connectivity index (χ0) is 24.0. The third kappa shape index (κ3) is 4.58. The van der Waals surface area contributed by atoms with E-state index in [4.69, 9.17) is 9.88 Å². The molecule has 2 heterocycles. The number of carbonyl (C=O) groups excluding carboxylic acids is 1. The van der Waals surface area contributed by atoms with Gasteiger partial charge in [0.05, 0.1) is 18.7 Å². The van der Waals surface area contributed by atoms with E-state index < -0.39 is 26.9 Å². The Labute approximate surface area is 187 Å². The van der Waals surface area contributed by atoms with Crippen LogP contribution in [-0.2, 0) is 21.0 Å². The zero-order valence-corrected chi connectivity index (χ0v) is 18.4. The van der Waals surface area contributed by atoms with Gasteiger partial charge in [-0.1, -0.05) is 0 Å². The molecule has 1 aliphatic carbocycles. The summed E-state index contributed by atoms with van der Waals surface area (Å²) in [6, 6.07) is 5.00. The molecular formula is C21H21F3N4O4S. The number of alkyl halides is 3. The average molecular weight is 482 g/mol. The van der Waals surface area contributed by atoms with Gasteiger partial charge in [-0.15, -0.1) is 0 Å². The van der Waals surface area contributed by atoms with Gasteiger partial charge in [-0.05, 0) is 43.9 Å². The first-order valence-electron chi connectivity index (χ1n) is 10.1. The summed E-state index contributed by atoms with van der Waals surface area (Å²) in [6.45, 7) is 0. The monoisotopic (exact) mass is 482 g/mol. The largest absolute Gasteiger partial charge is 0.496 e. The SMILES string of the molecule is COc1cc2nn(C3CCC(C=O)CC3)cc2cc1-c1ccc(C(F)(F)F)nc1S(N)(=O)=O. The summed E-state index contributed by atoms with van der Waals surface area (Å²) in [5, 5.41) is 9.53. The Balaban J connectivity index is 1.82. The summed E-state index contributed by atoms with van der Waals surface area (Å²) in [5.41, 5.74) is -0.679. The van der Waals surface area contributed by atoms with Crippen LogP contribution < -0.4 is 9.88 Å². The Hall–Kier alpha value is -2.99. The molecule has 2 N–H and O–H groups in total. The number of methoxy groups -OCH3 is 1. The van der Waals surface area contributed by atoms with E-state index in [2.05, 4.69) is 10.1 Å². The highest BCUT2D eigenvalue weighted by molar-refractivity contribution is 7.89. The maximum absolute atomic E-state index is 13.1. The van der Waals surface area contributed by atoms with Crippen LogP contribution in [0.2, 0.25) is 0 Å². The van der Waals surface area contributed by atoms with E-state index in [1.165, 1.54) is 7.11 Å². The van der Waals surface area contributed by atoms with Crippen LogP contribution in [0.15, 0.2) is 35.5 Å². The topological polar surface area (TPSA) is 117 Å². The van der Waals surface area contributed by atoms with Crippen molar-refractivity contribution in [2.45, 2.75) is 42.9 Å². The van der Waals surface area contributed by atoms with Gasteiger partial charge in [-0.25, -0.2) is 18.5 Å². The van der Waals surface area contributed by atoms with Crippen LogP contribution in [0.5, 0.6) is 5.75 Å². The molecule has 0 amide bonds. The van der Waals surface area contributed by atoms with Gasteiger partial charge < -0.3 is 9.53 Å². The lowest BCUT2D eigenvalue weighted by Crippen LogP contribution is -2.19. The van der Waals surface area contributed by atoms with Crippen molar-refractivity contribution < 1.29 is 31.1 Å². The highest BCUT2D eigenvalue weighted by Gasteiger charge is 2.35. The van der Waals surface area contributed by atoms with Crippen LogP contribution in [0, 0.1) is 5.92 Å². The highest BCUT2D eigenvalue weighted by Crippen LogP contribution is 2.39. The van der Waals surface area contributed by atoms with Gasteiger partial charge in [-0.2, -0.15) is 18.3 Å². The third-order valence-electron chi connectivity index (χ3n) is 5.86. The molecule has 176 valence electrons. The number of ether oxygens (including phenoxy) is 1. The summed E-state index contributed by atoms with van der Waals surface area (Å²) < 4.78 is 70.7. The molecule has 1 aromatic carbocycles. The van der Waals surface area contributed by atoms with E-state index in [1.54, 1.807) is 23.0 Å². The number of primary sulfonamides is 1. The van der Waals surface area contributed by atoms with E-state index in [0.717, 1.165) is 38.0 Å². The molecule has 0 spiro atoms. The van der Waals surface area contributed by atoms with E-state index in [9.17, 15) is 26.4 Å². The molecular weight excluding hydrogens is 461 g/mol. The van der Waals surface area contributed by atoms with Gasteiger partial charge in [0.25, 0.3) is 10.0 Å². The van der Waals surface area contributed by atoms with E-state index >= 15 is 0 Å². The van der Waals surface area contributed by atoms with Crippen molar-refractivity contribution in [1.29, 1.82) is 0 Å². The van der Waals surface area contributed by atoms with Crippen LogP contribution in [-0.4, -0.2) is 36.6 Å². The minimum Gasteiger partial charge on any atom is -0.496 e. The number of aldehydes is 1. The van der Waals surface area contributed by atoms with Crippen molar-refractivity contribution >= 4 is 27.2 Å². The minimum atomic E-state index is -4.84. The lowest BCUT2D eigenvalue weighted by atomic mass is 9.87. The number of sulfonamides is 1. The molecule has 8 nitrogen and oxygen atoms in total. The van der Waals surface area contributed by atoms with E-state index in [-0.39, 0.29) is 28.8 Å². The van der Waals surface area contributed by atoms with Crippen LogP contribution in [0.4, 0.5) is 13.2 Å². The molecule has 0 saturated heterocycles. The highest BCUT2D eigenvalue weighted by atomic mass is 32.2. The van der Waals surface area contributed by atoms with Crippen molar-refractivity contribution in [2.24, 2.45) is 11.1 Å². The molecule has 0 aliphatic heterocycles. The summed E-state index contributed by atoms with van der Waals surface area (Å²) in [6.07, 6.45) is 1.06. The van der Waals surface area contributed by atoms with Crippen molar-refractivity contribution in [3.05, 3.63) is 36.2 Å². The Morgan fingerprint density at radius 3 is 2.42 bits per heavy atom. The maximum Gasteiger partial charge on any atom is 0.433 e. The molecule has 2 aromatic heterocycles. The summed E-state index contributed by atoms with van der Waals surface area (Å²) in [5.74, 6) is 0.269. The lowest BCUT2D eigenvalue weighted by molar-refractivity contribution is -0.141. The number of aromatic nitrogens is 3. The fraction of sp³-hybridized carbons (Fsp3) is 0.381. The minimum absolute atomic E-state index is 0.0572. The second kappa shape index (κ2) is 8.41. The molecule has 33 heavy (non-hydrogen) atoms. The molecule has 0 radical (unpaired) electrons. The number of hydrogen-bond acceptors (Lipinski definition) is 6. The second-order valence-corrected chi connectivity index (χ2v) is 9.49. The van der Waals surface area contributed by atoms with Gasteiger partial charge in [0.1, 0.15) is 17.7 Å². The number of fused-ring (bicyclic) bond motifs is 1. The van der Waals surface area contributed by atoms with Crippen LogP contribution in [0.1, 0.15) is 37.4 Å². The predicted molar refractivity (Wildman–Crippen MR) is 113 cm³/mol. The number of hydrogen-bond donors (Lipinski definition) is 1. The first-order chi connectivity index (χ1) is 15.5. The first-order valence-corrected chi connectivity index (χ1v) is 11.7. The van der Waals surface area contributed by atoms with Crippen molar-refractivity contribution in [3.8, 4) is 16.9 Å². The Kier molecular flexibility index (Phi) is 5.91. The number of pyridine rings is 1. The first kappa shape index (κ1) is 23.2. The molecule has 1 saturated carbocycles. The quantitative estimate of drug-likeness (QED) is 0.554. The fourth-order valence-electron chi connectivity index (χ4n) is 4.16. The van der Waals surface area contributed by atoms with Crippen LogP contribution >= 0.6 is 0 Å². The number of nitrogens with zero attached hydrogens (tertiary/aromatic N) is 3. The van der Waals surface area contributed by atoms with Crippen LogP contribution in [0.3, 0.4) is 0 Å². The fourth-order valence-corrected chi connectivity index (χ4v) is 4.87. The molecule has 4 rings (SSSR count). The van der Waals surface area contributed by atoms with E-state index in [1.807, 2.05) is 0 Å². The van der Waals surface area contributed by atoms with Crippen molar-refractivity contribution in [2.75, 3.05) is 7.11 Å². The molecule has 3 aromatic rings. The summed E-state index contributed by atoms with van der Waals surface area (Å²) >= 11 is 0.